The third-order valence-electron chi connectivity index (χ3n) is 3.89. The maximum atomic E-state index is 6.57. The maximum absolute atomic E-state index is 6.57. The lowest BCUT2D eigenvalue weighted by Crippen LogP contribution is -2.33. The minimum absolute atomic E-state index is 0.0936. The Hall–Kier alpha value is -1.28. The second-order valence-electron chi connectivity index (χ2n) is 5.03. The van der Waals surface area contributed by atoms with Crippen LogP contribution in [0.15, 0.2) is 24.3 Å². The van der Waals surface area contributed by atoms with Crippen LogP contribution in [-0.2, 0) is 5.54 Å². The fraction of sp³-hybridized carbons (Fsp3) is 0.429. The van der Waals surface area contributed by atoms with Crippen LogP contribution in [0.2, 0.25) is 0 Å². The Balaban J connectivity index is 2.26. The monoisotopic (exact) mass is 214 g/mol. The third kappa shape index (κ3) is 1.30. The van der Waals surface area contributed by atoms with Gasteiger partial charge in [0.2, 0.25) is 0 Å². The number of nitrogens with one attached hydrogen (secondary N) is 1. The summed E-state index contributed by atoms with van der Waals surface area (Å²) >= 11 is 0. The number of rotatable bonds is 1. The number of para-hydroxylation sites is 1. The highest BCUT2D eigenvalue weighted by Crippen LogP contribution is 2.41. The molecular formula is C14H18N2. The van der Waals surface area contributed by atoms with E-state index >= 15 is 0 Å². The molecule has 0 aliphatic heterocycles. The first-order valence-corrected chi connectivity index (χ1v) is 6.07. The standard InChI is InChI=1S/C14H18N2/c1-10-13(14(15)8-4-5-9-14)11-6-2-3-7-12(11)16-10/h2-3,6-7,16H,4-5,8-9,15H2,1H3. The number of aryl methyl sites for hydroxylation is 1. The molecule has 1 heterocycles. The molecule has 1 saturated carbocycles. The van der Waals surface area contributed by atoms with Crippen LogP contribution >= 0.6 is 0 Å². The van der Waals surface area contributed by atoms with Gasteiger partial charge in [-0.15, -0.1) is 0 Å². The van der Waals surface area contributed by atoms with Gasteiger partial charge in [0.15, 0.2) is 0 Å². The van der Waals surface area contributed by atoms with Gasteiger partial charge in [-0.1, -0.05) is 31.0 Å². The van der Waals surface area contributed by atoms with Crippen molar-refractivity contribution in [2.24, 2.45) is 5.73 Å². The van der Waals surface area contributed by atoms with E-state index in [0.717, 1.165) is 12.8 Å². The number of hydrogen-bond acceptors (Lipinski definition) is 1. The molecular weight excluding hydrogens is 196 g/mol. The first kappa shape index (κ1) is 9.91. The van der Waals surface area contributed by atoms with Crippen LogP contribution in [0.25, 0.3) is 10.9 Å². The van der Waals surface area contributed by atoms with Crippen molar-refractivity contribution in [1.82, 2.24) is 4.98 Å². The Morgan fingerprint density at radius 1 is 1.19 bits per heavy atom. The van der Waals surface area contributed by atoms with Gasteiger partial charge in [0.25, 0.3) is 0 Å². The van der Waals surface area contributed by atoms with Crippen LogP contribution in [0.5, 0.6) is 0 Å². The lowest BCUT2D eigenvalue weighted by molar-refractivity contribution is 0.463. The zero-order chi connectivity index (χ0) is 11.2. The van der Waals surface area contributed by atoms with Crippen LogP contribution in [-0.4, -0.2) is 4.98 Å². The zero-order valence-electron chi connectivity index (χ0n) is 9.72. The van der Waals surface area contributed by atoms with Crippen molar-refractivity contribution >= 4 is 10.9 Å². The fourth-order valence-corrected chi connectivity index (χ4v) is 3.17. The van der Waals surface area contributed by atoms with Crippen LogP contribution in [0.3, 0.4) is 0 Å². The summed E-state index contributed by atoms with van der Waals surface area (Å²) in [5.74, 6) is 0. The second kappa shape index (κ2) is 3.36. The van der Waals surface area contributed by atoms with Crippen molar-refractivity contribution in [3.8, 4) is 0 Å². The molecule has 2 aromatic rings. The average Bonchev–Trinajstić information content (AvgIpc) is 2.81. The minimum atomic E-state index is -0.0936. The third-order valence-corrected chi connectivity index (χ3v) is 3.89. The van der Waals surface area contributed by atoms with E-state index in [4.69, 9.17) is 5.73 Å². The Morgan fingerprint density at radius 3 is 2.62 bits per heavy atom. The summed E-state index contributed by atoms with van der Waals surface area (Å²) in [6.07, 6.45) is 4.76. The average molecular weight is 214 g/mol. The number of aromatic nitrogens is 1. The Morgan fingerprint density at radius 2 is 1.88 bits per heavy atom. The highest BCUT2D eigenvalue weighted by atomic mass is 14.8. The first-order chi connectivity index (χ1) is 7.71. The molecule has 0 atom stereocenters. The molecule has 0 spiro atoms. The van der Waals surface area contributed by atoms with Gasteiger partial charge < -0.3 is 10.7 Å². The van der Waals surface area contributed by atoms with Gasteiger partial charge in [-0.3, -0.25) is 0 Å². The van der Waals surface area contributed by atoms with Crippen LogP contribution in [0, 0.1) is 6.92 Å². The molecule has 0 saturated heterocycles. The number of fused-ring (bicyclic) bond motifs is 1. The van der Waals surface area contributed by atoms with Crippen molar-refractivity contribution < 1.29 is 0 Å². The van der Waals surface area contributed by atoms with Crippen molar-refractivity contribution in [1.29, 1.82) is 0 Å². The van der Waals surface area contributed by atoms with Gasteiger partial charge in [-0.05, 0) is 25.8 Å². The number of hydrogen-bond donors (Lipinski definition) is 2. The van der Waals surface area contributed by atoms with E-state index in [9.17, 15) is 0 Å². The normalized spacial score (nSPS) is 19.4. The SMILES string of the molecule is Cc1[nH]c2ccccc2c1C1(N)CCCC1. The van der Waals surface area contributed by atoms with Gasteiger partial charge >= 0.3 is 0 Å². The first-order valence-electron chi connectivity index (χ1n) is 6.07. The molecule has 3 rings (SSSR count). The molecule has 1 aromatic carbocycles. The second-order valence-corrected chi connectivity index (χ2v) is 5.03. The van der Waals surface area contributed by atoms with E-state index < -0.39 is 0 Å². The van der Waals surface area contributed by atoms with E-state index in [1.54, 1.807) is 0 Å². The van der Waals surface area contributed by atoms with Crippen molar-refractivity contribution in [3.05, 3.63) is 35.5 Å². The quantitative estimate of drug-likeness (QED) is 0.752. The Kier molecular flexibility index (Phi) is 2.08. The highest BCUT2D eigenvalue weighted by Gasteiger charge is 2.34. The Labute approximate surface area is 95.8 Å². The number of aromatic amines is 1. The number of benzene rings is 1. The molecule has 0 unspecified atom stereocenters. The minimum Gasteiger partial charge on any atom is -0.358 e. The van der Waals surface area contributed by atoms with E-state index in [1.807, 2.05) is 0 Å². The summed E-state index contributed by atoms with van der Waals surface area (Å²) in [5.41, 5.74) is 10.3. The zero-order valence-corrected chi connectivity index (χ0v) is 9.72. The molecule has 84 valence electrons. The van der Waals surface area contributed by atoms with Crippen LogP contribution < -0.4 is 5.73 Å². The summed E-state index contributed by atoms with van der Waals surface area (Å²) in [6.45, 7) is 2.14. The largest absolute Gasteiger partial charge is 0.358 e. The number of H-pyrrole nitrogens is 1. The van der Waals surface area contributed by atoms with Gasteiger partial charge in [-0.25, -0.2) is 0 Å². The molecule has 1 aliphatic rings. The molecule has 2 nitrogen and oxygen atoms in total. The predicted octanol–water partition coefficient (Wildman–Crippen LogP) is 3.20. The van der Waals surface area contributed by atoms with Gasteiger partial charge in [0.05, 0.1) is 0 Å². The molecule has 1 aliphatic carbocycles. The molecule has 3 N–H and O–H groups in total. The summed E-state index contributed by atoms with van der Waals surface area (Å²) in [7, 11) is 0. The van der Waals surface area contributed by atoms with Crippen LogP contribution in [0.1, 0.15) is 36.9 Å². The van der Waals surface area contributed by atoms with Gasteiger partial charge in [0, 0.05) is 27.7 Å². The summed E-state index contributed by atoms with van der Waals surface area (Å²) in [5, 5.41) is 1.31. The molecule has 0 radical (unpaired) electrons. The topological polar surface area (TPSA) is 41.8 Å². The molecule has 16 heavy (non-hydrogen) atoms. The van der Waals surface area contributed by atoms with E-state index in [-0.39, 0.29) is 5.54 Å². The maximum Gasteiger partial charge on any atom is 0.0459 e. The summed E-state index contributed by atoms with van der Waals surface area (Å²) in [4.78, 5) is 3.45. The summed E-state index contributed by atoms with van der Waals surface area (Å²) in [6, 6.07) is 8.47. The molecule has 2 heteroatoms. The predicted molar refractivity (Wildman–Crippen MR) is 67.4 cm³/mol. The van der Waals surface area contributed by atoms with E-state index in [2.05, 4.69) is 36.2 Å². The highest BCUT2D eigenvalue weighted by molar-refractivity contribution is 5.85. The Bertz CT molecular complexity index is 519. The van der Waals surface area contributed by atoms with Gasteiger partial charge in [0.1, 0.15) is 0 Å². The lowest BCUT2D eigenvalue weighted by Gasteiger charge is -2.24. The van der Waals surface area contributed by atoms with E-state index in [0.29, 0.717) is 0 Å². The molecule has 0 bridgehead atoms. The molecule has 0 amide bonds. The molecule has 1 aromatic heterocycles. The lowest BCUT2D eigenvalue weighted by atomic mass is 9.87. The van der Waals surface area contributed by atoms with Crippen molar-refractivity contribution in [2.45, 2.75) is 38.1 Å². The smallest absolute Gasteiger partial charge is 0.0459 e. The van der Waals surface area contributed by atoms with Crippen molar-refractivity contribution in [2.75, 3.05) is 0 Å². The molecule has 1 fully saturated rings. The van der Waals surface area contributed by atoms with Gasteiger partial charge in [-0.2, -0.15) is 0 Å². The van der Waals surface area contributed by atoms with E-state index in [1.165, 1.54) is 35.0 Å². The fourth-order valence-electron chi connectivity index (χ4n) is 3.17. The number of nitrogens with two attached hydrogens (primary N) is 1. The van der Waals surface area contributed by atoms with Crippen molar-refractivity contribution in [3.63, 3.8) is 0 Å². The summed E-state index contributed by atoms with van der Waals surface area (Å²) < 4.78 is 0. The van der Waals surface area contributed by atoms with Crippen LogP contribution in [0.4, 0.5) is 0 Å².